The van der Waals surface area contributed by atoms with Crippen LogP contribution in [0.4, 0.5) is 0 Å². The van der Waals surface area contributed by atoms with Gasteiger partial charge in [0, 0.05) is 5.56 Å². The van der Waals surface area contributed by atoms with E-state index in [9.17, 15) is 0 Å². The number of hydrogen-bond donors (Lipinski definition) is 1. The minimum Gasteiger partial charge on any atom is -0.451 e. The zero-order chi connectivity index (χ0) is 8.55. The zero-order valence-electron chi connectivity index (χ0n) is 6.25. The van der Waals surface area contributed by atoms with Crippen LogP contribution in [0, 0.1) is 0 Å². The number of rotatable bonds is 1. The van der Waals surface area contributed by atoms with Gasteiger partial charge in [0.25, 0.3) is 0 Å². The third kappa shape index (κ3) is 1.15. The smallest absolute Gasteiger partial charge is 0.170 e. The molecule has 0 unspecified atom stereocenters. The highest BCUT2D eigenvalue weighted by molar-refractivity contribution is 9.10. The first kappa shape index (κ1) is 7.83. The fourth-order valence-electron chi connectivity index (χ4n) is 1.26. The van der Waals surface area contributed by atoms with Gasteiger partial charge in [-0.3, -0.25) is 0 Å². The lowest BCUT2D eigenvalue weighted by atomic mass is 10.1. The summed E-state index contributed by atoms with van der Waals surface area (Å²) in [6.07, 6.45) is 0. The van der Waals surface area contributed by atoms with Gasteiger partial charge in [0.1, 0.15) is 12.4 Å². The predicted octanol–water partition coefficient (Wildman–Crippen LogP) is 2.64. The molecule has 0 saturated heterocycles. The number of halogens is 1. The van der Waals surface area contributed by atoms with Crippen molar-refractivity contribution < 1.29 is 9.52 Å². The Morgan fingerprint density at radius 3 is 3.00 bits per heavy atom. The van der Waals surface area contributed by atoms with Crippen LogP contribution in [0.5, 0.6) is 0 Å². The van der Waals surface area contributed by atoms with E-state index in [0.717, 1.165) is 11.1 Å². The zero-order valence-corrected chi connectivity index (χ0v) is 7.84. The monoisotopic (exact) mass is 226 g/mol. The second-order valence-electron chi connectivity index (χ2n) is 2.53. The van der Waals surface area contributed by atoms with E-state index in [1.165, 1.54) is 0 Å². The summed E-state index contributed by atoms with van der Waals surface area (Å²) < 4.78 is 5.91. The van der Waals surface area contributed by atoms with Crippen molar-refractivity contribution in [2.45, 2.75) is 6.61 Å². The molecular weight excluding hydrogens is 220 g/mol. The lowest BCUT2D eigenvalue weighted by Crippen LogP contribution is -1.87. The third-order valence-corrected chi connectivity index (χ3v) is 2.17. The number of aliphatic hydroxyl groups is 1. The van der Waals surface area contributed by atoms with Crippen molar-refractivity contribution in [2.24, 2.45) is 0 Å². The van der Waals surface area contributed by atoms with Gasteiger partial charge in [0.2, 0.25) is 0 Å². The molecule has 0 aromatic carbocycles. The molecule has 1 aliphatic heterocycles. The second kappa shape index (κ2) is 2.92. The Morgan fingerprint density at radius 2 is 2.25 bits per heavy atom. The number of hydrogen-bond acceptors (Lipinski definition) is 2. The lowest BCUT2D eigenvalue weighted by molar-refractivity contribution is 0.242. The molecule has 0 saturated carbocycles. The van der Waals surface area contributed by atoms with Gasteiger partial charge in [-0.25, -0.2) is 0 Å². The Balaban J connectivity index is 2.70. The van der Waals surface area contributed by atoms with Crippen LogP contribution in [0.3, 0.4) is 0 Å². The minimum atomic E-state index is -0.0695. The Morgan fingerprint density at radius 1 is 1.42 bits per heavy atom. The molecule has 0 radical (unpaired) electrons. The van der Waals surface area contributed by atoms with Gasteiger partial charge in [0.15, 0.2) is 4.67 Å². The van der Waals surface area contributed by atoms with Gasteiger partial charge in [-0.05, 0) is 27.6 Å². The van der Waals surface area contributed by atoms with Crippen LogP contribution in [0.25, 0.3) is 11.1 Å². The molecule has 12 heavy (non-hydrogen) atoms. The topological polar surface area (TPSA) is 33.4 Å². The molecule has 2 aliphatic rings. The van der Waals surface area contributed by atoms with E-state index in [2.05, 4.69) is 15.9 Å². The molecule has 1 N–H and O–H groups in total. The van der Waals surface area contributed by atoms with Crippen molar-refractivity contribution in [3.8, 4) is 11.1 Å². The molecule has 0 fully saturated rings. The molecule has 0 spiro atoms. The van der Waals surface area contributed by atoms with E-state index in [0.29, 0.717) is 10.4 Å². The fraction of sp³-hybridized carbons (Fsp3) is 0.111. The summed E-state index contributed by atoms with van der Waals surface area (Å²) in [5, 5.41) is 8.96. The van der Waals surface area contributed by atoms with Crippen LogP contribution in [0.15, 0.2) is 33.4 Å². The first-order valence-corrected chi connectivity index (χ1v) is 4.38. The van der Waals surface area contributed by atoms with Crippen molar-refractivity contribution in [2.75, 3.05) is 0 Å². The highest BCUT2D eigenvalue weighted by atomic mass is 79.9. The molecule has 0 aromatic rings. The minimum absolute atomic E-state index is 0.0695. The summed E-state index contributed by atoms with van der Waals surface area (Å²) in [5.74, 6) is 0.601. The molecule has 0 bridgehead atoms. The second-order valence-corrected chi connectivity index (χ2v) is 3.31. The van der Waals surface area contributed by atoms with Gasteiger partial charge in [-0.15, -0.1) is 0 Å². The summed E-state index contributed by atoms with van der Waals surface area (Å²) in [4.78, 5) is 0. The van der Waals surface area contributed by atoms with Crippen LogP contribution in [0.2, 0.25) is 0 Å². The highest BCUT2D eigenvalue weighted by Gasteiger charge is 2.10. The Bertz CT molecular complexity index is 367. The van der Waals surface area contributed by atoms with Crippen molar-refractivity contribution in [1.82, 2.24) is 0 Å². The predicted molar refractivity (Wildman–Crippen MR) is 49.0 cm³/mol. The Hall–Kier alpha value is -0.800. The molecule has 3 heteroatoms. The summed E-state index contributed by atoms with van der Waals surface area (Å²) >= 11 is 3.23. The SMILES string of the molecule is OCc1oc(Br)cc2cccc1-2. The van der Waals surface area contributed by atoms with Crippen molar-refractivity contribution in [3.63, 3.8) is 0 Å². The summed E-state index contributed by atoms with van der Waals surface area (Å²) in [6, 6.07) is 7.73. The van der Waals surface area contributed by atoms with E-state index < -0.39 is 0 Å². The van der Waals surface area contributed by atoms with Gasteiger partial charge in [-0.2, -0.15) is 0 Å². The Kier molecular flexibility index (Phi) is 1.90. The van der Waals surface area contributed by atoms with E-state index in [-0.39, 0.29) is 6.61 Å². The molecule has 2 nitrogen and oxygen atoms in total. The van der Waals surface area contributed by atoms with E-state index in [1.54, 1.807) is 0 Å². The fourth-order valence-corrected chi connectivity index (χ4v) is 1.70. The molecule has 0 amide bonds. The molecule has 62 valence electrons. The first-order chi connectivity index (χ1) is 5.81. The maximum absolute atomic E-state index is 8.96. The maximum atomic E-state index is 8.96. The van der Waals surface area contributed by atoms with E-state index >= 15 is 0 Å². The summed E-state index contributed by atoms with van der Waals surface area (Å²) in [7, 11) is 0. The largest absolute Gasteiger partial charge is 0.451 e. The van der Waals surface area contributed by atoms with E-state index in [4.69, 9.17) is 9.52 Å². The van der Waals surface area contributed by atoms with Gasteiger partial charge in [-0.1, -0.05) is 18.2 Å². The number of fused-ring (bicyclic) bond motifs is 1. The third-order valence-electron chi connectivity index (χ3n) is 1.78. The molecule has 1 heterocycles. The van der Waals surface area contributed by atoms with Gasteiger partial charge >= 0.3 is 0 Å². The molecule has 2 rings (SSSR count). The maximum Gasteiger partial charge on any atom is 0.170 e. The average Bonchev–Trinajstić information content (AvgIpc) is 2.50. The lowest BCUT2D eigenvalue weighted by Gasteiger charge is -2.04. The van der Waals surface area contributed by atoms with Crippen molar-refractivity contribution in [3.05, 3.63) is 34.7 Å². The van der Waals surface area contributed by atoms with E-state index in [1.807, 2.05) is 24.3 Å². The quantitative estimate of drug-likeness (QED) is 0.812. The van der Waals surface area contributed by atoms with Crippen molar-refractivity contribution in [1.29, 1.82) is 0 Å². The molecule has 1 aliphatic carbocycles. The Labute approximate surface area is 78.3 Å². The molecule has 0 aromatic heterocycles. The van der Waals surface area contributed by atoms with Crippen LogP contribution < -0.4 is 0 Å². The normalized spacial score (nSPS) is 10.8. The van der Waals surface area contributed by atoms with Crippen LogP contribution in [-0.4, -0.2) is 5.11 Å². The molecule has 0 atom stereocenters. The summed E-state index contributed by atoms with van der Waals surface area (Å²) in [5.41, 5.74) is 2.05. The average molecular weight is 227 g/mol. The van der Waals surface area contributed by atoms with Gasteiger partial charge in [0.05, 0.1) is 0 Å². The standard InChI is InChI=1S/C9H7BrO2/c10-9-4-6-2-1-3-7(6)8(5-11)12-9/h1-4,11H,5H2. The first-order valence-electron chi connectivity index (χ1n) is 3.59. The van der Waals surface area contributed by atoms with Crippen LogP contribution >= 0.6 is 15.9 Å². The number of aliphatic hydroxyl groups excluding tert-OH is 1. The van der Waals surface area contributed by atoms with Crippen LogP contribution in [-0.2, 0) is 6.61 Å². The van der Waals surface area contributed by atoms with Crippen LogP contribution in [0.1, 0.15) is 5.76 Å². The molecular formula is C9H7BrO2. The summed E-state index contributed by atoms with van der Waals surface area (Å²) in [6.45, 7) is -0.0695. The van der Waals surface area contributed by atoms with Crippen molar-refractivity contribution >= 4 is 15.9 Å². The van der Waals surface area contributed by atoms with Gasteiger partial charge < -0.3 is 9.52 Å². The highest BCUT2D eigenvalue weighted by Crippen LogP contribution is 2.30.